The molecule has 17 heavy (non-hydrogen) atoms. The van der Waals surface area contributed by atoms with Gasteiger partial charge in [-0.2, -0.15) is 0 Å². The zero-order chi connectivity index (χ0) is 12.8. The summed E-state index contributed by atoms with van der Waals surface area (Å²) in [4.78, 5) is 3.74. The minimum atomic E-state index is -0.215. The van der Waals surface area contributed by atoms with Crippen molar-refractivity contribution in [3.63, 3.8) is 0 Å². The Balaban J connectivity index is 2.69. The summed E-state index contributed by atoms with van der Waals surface area (Å²) in [6.45, 7) is 11.0. The van der Waals surface area contributed by atoms with Crippen LogP contribution in [0.5, 0.6) is 0 Å². The third kappa shape index (κ3) is 4.23. The van der Waals surface area contributed by atoms with E-state index in [4.69, 9.17) is 4.74 Å². The fourth-order valence-corrected chi connectivity index (χ4v) is 1.30. The summed E-state index contributed by atoms with van der Waals surface area (Å²) in [5.41, 5.74) is 2.32. The van der Waals surface area contributed by atoms with E-state index in [1.807, 2.05) is 6.92 Å². The minimum absolute atomic E-state index is 0.215. The molecular weight excluding hydrogens is 217 g/mol. The lowest BCUT2D eigenvalue weighted by Crippen LogP contribution is -1.94. The van der Waals surface area contributed by atoms with Crippen LogP contribution in [0.15, 0.2) is 47.3 Å². The van der Waals surface area contributed by atoms with E-state index >= 15 is 0 Å². The van der Waals surface area contributed by atoms with Crippen molar-refractivity contribution in [1.29, 1.82) is 0 Å². The Morgan fingerprint density at radius 2 is 2.24 bits per heavy atom. The van der Waals surface area contributed by atoms with E-state index in [0.717, 1.165) is 11.1 Å². The normalized spacial score (nSPS) is 11.1. The van der Waals surface area contributed by atoms with Crippen LogP contribution in [0.25, 0.3) is 0 Å². The average molecular weight is 233 g/mol. The van der Waals surface area contributed by atoms with Crippen molar-refractivity contribution in [2.24, 2.45) is 4.99 Å². The number of rotatable bonds is 5. The number of nitrogens with zero attached hydrogens (tertiary/aromatic N) is 1. The Bertz CT molecular complexity index is 463. The number of allylic oxidation sites excluding steroid dienone is 2. The van der Waals surface area contributed by atoms with Gasteiger partial charge in [-0.1, -0.05) is 18.2 Å². The highest BCUT2D eigenvalue weighted by molar-refractivity contribution is 5.29. The van der Waals surface area contributed by atoms with Crippen molar-refractivity contribution in [3.05, 3.63) is 59.3 Å². The molecule has 0 aromatic heterocycles. The Kier molecular flexibility index (Phi) is 4.64. The first-order valence-corrected chi connectivity index (χ1v) is 5.24. The summed E-state index contributed by atoms with van der Waals surface area (Å²) < 4.78 is 18.5. The molecule has 0 heterocycles. The van der Waals surface area contributed by atoms with Gasteiger partial charge in [0.15, 0.2) is 0 Å². The van der Waals surface area contributed by atoms with Crippen molar-refractivity contribution in [3.8, 4) is 0 Å². The summed E-state index contributed by atoms with van der Waals surface area (Å²) in [7, 11) is 0. The van der Waals surface area contributed by atoms with Gasteiger partial charge in [0.25, 0.3) is 0 Å². The maximum absolute atomic E-state index is 13.0. The van der Waals surface area contributed by atoms with Gasteiger partial charge in [0, 0.05) is 6.08 Å². The van der Waals surface area contributed by atoms with E-state index in [0.29, 0.717) is 18.1 Å². The van der Waals surface area contributed by atoms with Gasteiger partial charge < -0.3 is 4.74 Å². The first-order valence-electron chi connectivity index (χ1n) is 5.24. The van der Waals surface area contributed by atoms with E-state index in [9.17, 15) is 4.39 Å². The van der Waals surface area contributed by atoms with E-state index < -0.39 is 0 Å². The molecule has 0 saturated heterocycles. The molecule has 1 aromatic carbocycles. The molecule has 3 heteroatoms. The van der Waals surface area contributed by atoms with Gasteiger partial charge >= 0.3 is 0 Å². The van der Waals surface area contributed by atoms with Gasteiger partial charge in [0.05, 0.1) is 0 Å². The second-order valence-electron chi connectivity index (χ2n) is 3.86. The van der Waals surface area contributed by atoms with Crippen LogP contribution >= 0.6 is 0 Å². The largest absolute Gasteiger partial charge is 0.473 e. The Hall–Kier alpha value is -1.90. The molecule has 0 fully saturated rings. The summed E-state index contributed by atoms with van der Waals surface area (Å²) >= 11 is 0. The molecule has 0 aliphatic rings. The lowest BCUT2D eigenvalue weighted by Gasteiger charge is -2.07. The van der Waals surface area contributed by atoms with Crippen molar-refractivity contribution >= 4 is 6.72 Å². The summed E-state index contributed by atoms with van der Waals surface area (Å²) in [6, 6.07) is 4.86. The fourth-order valence-electron chi connectivity index (χ4n) is 1.30. The maximum Gasteiger partial charge on any atom is 0.213 e. The second-order valence-corrected chi connectivity index (χ2v) is 3.86. The van der Waals surface area contributed by atoms with Gasteiger partial charge in [0.1, 0.15) is 12.4 Å². The fraction of sp³-hybridized carbons (Fsp3) is 0.214. The molecule has 0 N–H and O–H groups in total. The first-order chi connectivity index (χ1) is 8.02. The average Bonchev–Trinajstić information content (AvgIpc) is 2.28. The molecule has 0 spiro atoms. The molecule has 0 saturated carbocycles. The van der Waals surface area contributed by atoms with Crippen molar-refractivity contribution in [2.75, 3.05) is 0 Å². The van der Waals surface area contributed by atoms with E-state index in [1.54, 1.807) is 25.1 Å². The smallest absolute Gasteiger partial charge is 0.213 e. The molecule has 0 radical (unpaired) electrons. The quantitative estimate of drug-likeness (QED) is 0.431. The lowest BCUT2D eigenvalue weighted by atomic mass is 10.1. The minimum Gasteiger partial charge on any atom is -0.473 e. The summed E-state index contributed by atoms with van der Waals surface area (Å²) in [5, 5.41) is 0. The molecule has 2 nitrogen and oxygen atoms in total. The van der Waals surface area contributed by atoms with Crippen molar-refractivity contribution in [1.82, 2.24) is 0 Å². The highest BCUT2D eigenvalue weighted by Crippen LogP contribution is 2.12. The van der Waals surface area contributed by atoms with Crippen LogP contribution in [0, 0.1) is 12.7 Å². The summed E-state index contributed by atoms with van der Waals surface area (Å²) in [5.74, 6) is 0.202. The predicted molar refractivity (Wildman–Crippen MR) is 68.4 cm³/mol. The molecule has 0 amide bonds. The lowest BCUT2D eigenvalue weighted by molar-refractivity contribution is 0.197. The predicted octanol–water partition coefficient (Wildman–Crippen LogP) is 3.77. The van der Waals surface area contributed by atoms with Gasteiger partial charge in [-0.05, 0) is 43.8 Å². The van der Waals surface area contributed by atoms with E-state index in [-0.39, 0.29) is 5.82 Å². The second kappa shape index (κ2) is 5.99. The molecule has 90 valence electrons. The standard InChI is InChI=1S/C14H16FNO/c1-10(2)7-14(16-4)17-9-12-5-6-13(15)11(3)8-12/h5-8H,1,4,9H2,2-3H3/b14-7+. The SMILES string of the molecule is C=N/C(=C\C(=C)C)OCc1ccc(F)c(C)c1. The van der Waals surface area contributed by atoms with Crippen molar-refractivity contribution in [2.45, 2.75) is 20.5 Å². The molecule has 0 unspecified atom stereocenters. The molecule has 0 aliphatic heterocycles. The Morgan fingerprint density at radius 3 is 2.76 bits per heavy atom. The van der Waals surface area contributed by atoms with Crippen LogP contribution in [0.1, 0.15) is 18.1 Å². The number of halogens is 1. The number of hydrogen-bond acceptors (Lipinski definition) is 2. The van der Waals surface area contributed by atoms with E-state index in [1.165, 1.54) is 6.07 Å². The third-order valence-corrected chi connectivity index (χ3v) is 2.13. The van der Waals surface area contributed by atoms with Gasteiger partial charge in [-0.25, -0.2) is 9.38 Å². The van der Waals surface area contributed by atoms with E-state index in [2.05, 4.69) is 18.3 Å². The van der Waals surface area contributed by atoms with Crippen molar-refractivity contribution < 1.29 is 9.13 Å². The topological polar surface area (TPSA) is 21.6 Å². The molecule has 0 atom stereocenters. The highest BCUT2D eigenvalue weighted by Gasteiger charge is 2.01. The molecule has 1 rings (SSSR count). The van der Waals surface area contributed by atoms with Crippen LogP contribution in [0.3, 0.4) is 0 Å². The zero-order valence-corrected chi connectivity index (χ0v) is 10.2. The number of benzene rings is 1. The molecular formula is C14H16FNO. The van der Waals surface area contributed by atoms with Gasteiger partial charge in [-0.15, -0.1) is 0 Å². The molecule has 1 aromatic rings. The van der Waals surface area contributed by atoms with Gasteiger partial charge in [0.2, 0.25) is 5.88 Å². The zero-order valence-electron chi connectivity index (χ0n) is 10.2. The maximum atomic E-state index is 13.0. The Morgan fingerprint density at radius 1 is 1.53 bits per heavy atom. The van der Waals surface area contributed by atoms with Crippen LogP contribution in [-0.4, -0.2) is 6.72 Å². The monoisotopic (exact) mass is 233 g/mol. The number of hydrogen-bond donors (Lipinski definition) is 0. The van der Waals surface area contributed by atoms with Crippen LogP contribution in [0.2, 0.25) is 0 Å². The van der Waals surface area contributed by atoms with Crippen LogP contribution in [-0.2, 0) is 11.3 Å². The number of aliphatic imine (C=N–C) groups is 1. The number of ether oxygens (including phenoxy) is 1. The summed E-state index contributed by atoms with van der Waals surface area (Å²) in [6.07, 6.45) is 1.70. The Labute approximate surface area is 101 Å². The number of aryl methyl sites for hydroxylation is 1. The highest BCUT2D eigenvalue weighted by atomic mass is 19.1. The van der Waals surface area contributed by atoms with Gasteiger partial charge in [-0.3, -0.25) is 0 Å². The van der Waals surface area contributed by atoms with Crippen LogP contribution in [0.4, 0.5) is 4.39 Å². The molecule has 0 bridgehead atoms. The third-order valence-electron chi connectivity index (χ3n) is 2.13. The molecule has 0 aliphatic carbocycles. The van der Waals surface area contributed by atoms with Crippen LogP contribution < -0.4 is 0 Å². The first kappa shape index (κ1) is 13.2.